The standard InChI is InChI=1S/C13H17N3/c1-2-13(4-5-13)10-15-9-11-3-6-16-12(7-11)8-14/h3,6-7,15H,2,4-5,9-10H2,1H3. The minimum Gasteiger partial charge on any atom is -0.312 e. The fraction of sp³-hybridized carbons (Fsp3) is 0.538. The van der Waals surface area contributed by atoms with Crippen LogP contribution in [-0.4, -0.2) is 11.5 Å². The lowest BCUT2D eigenvalue weighted by Crippen LogP contribution is -2.23. The van der Waals surface area contributed by atoms with Gasteiger partial charge in [-0.1, -0.05) is 6.92 Å². The number of pyridine rings is 1. The van der Waals surface area contributed by atoms with Crippen LogP contribution in [0.3, 0.4) is 0 Å². The highest BCUT2D eigenvalue weighted by Gasteiger charge is 2.39. The zero-order valence-corrected chi connectivity index (χ0v) is 9.66. The lowest BCUT2D eigenvalue weighted by Gasteiger charge is -2.13. The molecule has 16 heavy (non-hydrogen) atoms. The number of nitrogens with zero attached hydrogens (tertiary/aromatic N) is 2. The quantitative estimate of drug-likeness (QED) is 0.819. The largest absolute Gasteiger partial charge is 0.312 e. The minimum absolute atomic E-state index is 0.496. The number of hydrogen-bond donors (Lipinski definition) is 1. The van der Waals surface area contributed by atoms with Gasteiger partial charge in [0.2, 0.25) is 0 Å². The van der Waals surface area contributed by atoms with E-state index in [1.165, 1.54) is 19.3 Å². The molecule has 0 aromatic carbocycles. The second-order valence-electron chi connectivity index (χ2n) is 4.62. The summed E-state index contributed by atoms with van der Waals surface area (Å²) in [6.07, 6.45) is 5.68. The van der Waals surface area contributed by atoms with Crippen molar-refractivity contribution in [2.75, 3.05) is 6.54 Å². The highest BCUT2D eigenvalue weighted by Crippen LogP contribution is 2.47. The molecular formula is C13H17N3. The van der Waals surface area contributed by atoms with E-state index >= 15 is 0 Å². The predicted molar refractivity (Wildman–Crippen MR) is 62.6 cm³/mol. The molecule has 0 amide bonds. The molecule has 0 bridgehead atoms. The van der Waals surface area contributed by atoms with Crippen molar-refractivity contribution in [2.45, 2.75) is 32.7 Å². The van der Waals surface area contributed by atoms with Gasteiger partial charge in [-0.05, 0) is 42.4 Å². The molecule has 1 heterocycles. The van der Waals surface area contributed by atoms with Gasteiger partial charge >= 0.3 is 0 Å². The van der Waals surface area contributed by atoms with Gasteiger partial charge in [0.15, 0.2) is 0 Å². The van der Waals surface area contributed by atoms with Crippen LogP contribution in [0.2, 0.25) is 0 Å². The van der Waals surface area contributed by atoms with Crippen molar-refractivity contribution >= 4 is 0 Å². The summed E-state index contributed by atoms with van der Waals surface area (Å²) in [6, 6.07) is 5.86. The number of aromatic nitrogens is 1. The van der Waals surface area contributed by atoms with E-state index in [0.29, 0.717) is 11.1 Å². The molecule has 0 atom stereocenters. The van der Waals surface area contributed by atoms with Crippen molar-refractivity contribution in [2.24, 2.45) is 5.41 Å². The second-order valence-corrected chi connectivity index (χ2v) is 4.62. The van der Waals surface area contributed by atoms with Crippen LogP contribution in [-0.2, 0) is 6.54 Å². The lowest BCUT2D eigenvalue weighted by molar-refractivity contribution is 0.443. The number of nitriles is 1. The Labute approximate surface area is 96.5 Å². The molecule has 3 nitrogen and oxygen atoms in total. The van der Waals surface area contributed by atoms with Crippen LogP contribution >= 0.6 is 0 Å². The van der Waals surface area contributed by atoms with E-state index < -0.39 is 0 Å². The second kappa shape index (κ2) is 4.63. The summed E-state index contributed by atoms with van der Waals surface area (Å²) in [6.45, 7) is 4.18. The Bertz CT molecular complexity index is 402. The Hall–Kier alpha value is -1.40. The summed E-state index contributed by atoms with van der Waals surface area (Å²) in [5.41, 5.74) is 2.21. The van der Waals surface area contributed by atoms with Gasteiger partial charge in [0.1, 0.15) is 11.8 Å². The topological polar surface area (TPSA) is 48.7 Å². The normalized spacial score (nSPS) is 16.8. The first-order chi connectivity index (χ1) is 7.78. The molecular weight excluding hydrogens is 198 g/mol. The molecule has 1 saturated carbocycles. The molecule has 0 spiro atoms. The summed E-state index contributed by atoms with van der Waals surface area (Å²) < 4.78 is 0. The molecule has 0 aliphatic heterocycles. The van der Waals surface area contributed by atoms with Crippen molar-refractivity contribution in [3.05, 3.63) is 29.6 Å². The Morgan fingerprint density at radius 3 is 3.00 bits per heavy atom. The smallest absolute Gasteiger partial charge is 0.140 e. The van der Waals surface area contributed by atoms with Crippen molar-refractivity contribution in [3.63, 3.8) is 0 Å². The molecule has 3 heteroatoms. The monoisotopic (exact) mass is 215 g/mol. The Morgan fingerprint density at radius 2 is 2.38 bits per heavy atom. The summed E-state index contributed by atoms with van der Waals surface area (Å²) in [4.78, 5) is 3.95. The molecule has 0 saturated heterocycles. The molecule has 1 fully saturated rings. The van der Waals surface area contributed by atoms with E-state index in [1.807, 2.05) is 12.1 Å². The van der Waals surface area contributed by atoms with Crippen LogP contribution in [0.4, 0.5) is 0 Å². The van der Waals surface area contributed by atoms with Gasteiger partial charge in [-0.2, -0.15) is 5.26 Å². The summed E-state index contributed by atoms with van der Waals surface area (Å²) >= 11 is 0. The van der Waals surface area contributed by atoms with Crippen LogP contribution in [0.15, 0.2) is 18.3 Å². The summed E-state index contributed by atoms with van der Waals surface area (Å²) in [5, 5.41) is 12.2. The van der Waals surface area contributed by atoms with Crippen LogP contribution < -0.4 is 5.32 Å². The Morgan fingerprint density at radius 1 is 1.56 bits per heavy atom. The fourth-order valence-corrected chi connectivity index (χ4v) is 1.95. The van der Waals surface area contributed by atoms with Crippen LogP contribution in [0, 0.1) is 16.7 Å². The zero-order valence-electron chi connectivity index (χ0n) is 9.66. The van der Waals surface area contributed by atoms with E-state index in [0.717, 1.165) is 18.7 Å². The third kappa shape index (κ3) is 2.59. The molecule has 1 aromatic heterocycles. The Balaban J connectivity index is 1.83. The van der Waals surface area contributed by atoms with Gasteiger partial charge in [-0.15, -0.1) is 0 Å². The van der Waals surface area contributed by atoms with E-state index in [4.69, 9.17) is 5.26 Å². The van der Waals surface area contributed by atoms with Crippen LogP contribution in [0.1, 0.15) is 37.4 Å². The van der Waals surface area contributed by atoms with E-state index in [-0.39, 0.29) is 0 Å². The first-order valence-corrected chi connectivity index (χ1v) is 5.84. The average Bonchev–Trinajstić information content (AvgIpc) is 3.10. The summed E-state index contributed by atoms with van der Waals surface area (Å²) in [7, 11) is 0. The average molecular weight is 215 g/mol. The molecule has 0 unspecified atom stereocenters. The number of rotatable bonds is 5. The first-order valence-electron chi connectivity index (χ1n) is 5.84. The number of hydrogen-bond acceptors (Lipinski definition) is 3. The molecule has 84 valence electrons. The highest BCUT2D eigenvalue weighted by molar-refractivity contribution is 5.25. The molecule has 2 rings (SSSR count). The first kappa shape index (κ1) is 11.1. The molecule has 1 N–H and O–H groups in total. The lowest BCUT2D eigenvalue weighted by atomic mass is 10.0. The summed E-state index contributed by atoms with van der Waals surface area (Å²) in [5.74, 6) is 0. The van der Waals surface area contributed by atoms with Crippen molar-refractivity contribution < 1.29 is 0 Å². The maximum atomic E-state index is 8.73. The van der Waals surface area contributed by atoms with Gasteiger partial charge in [0.25, 0.3) is 0 Å². The maximum Gasteiger partial charge on any atom is 0.140 e. The van der Waals surface area contributed by atoms with Gasteiger partial charge in [-0.3, -0.25) is 0 Å². The molecule has 1 aliphatic carbocycles. The Kier molecular flexibility index (Phi) is 3.21. The number of nitrogens with one attached hydrogen (secondary N) is 1. The van der Waals surface area contributed by atoms with Gasteiger partial charge in [-0.25, -0.2) is 4.98 Å². The van der Waals surface area contributed by atoms with Gasteiger partial charge in [0, 0.05) is 19.3 Å². The van der Waals surface area contributed by atoms with E-state index in [2.05, 4.69) is 23.3 Å². The van der Waals surface area contributed by atoms with E-state index in [1.54, 1.807) is 6.20 Å². The van der Waals surface area contributed by atoms with Crippen LogP contribution in [0.25, 0.3) is 0 Å². The van der Waals surface area contributed by atoms with Crippen LogP contribution in [0.5, 0.6) is 0 Å². The van der Waals surface area contributed by atoms with Crippen molar-refractivity contribution in [1.29, 1.82) is 5.26 Å². The molecule has 1 aromatic rings. The zero-order chi connectivity index (χ0) is 11.4. The molecule has 0 radical (unpaired) electrons. The van der Waals surface area contributed by atoms with Crippen molar-refractivity contribution in [1.82, 2.24) is 10.3 Å². The third-order valence-corrected chi connectivity index (χ3v) is 3.48. The van der Waals surface area contributed by atoms with Gasteiger partial charge < -0.3 is 5.32 Å². The molecule has 1 aliphatic rings. The third-order valence-electron chi connectivity index (χ3n) is 3.48. The highest BCUT2D eigenvalue weighted by atomic mass is 14.9. The SMILES string of the molecule is CCC1(CNCc2ccnc(C#N)c2)CC1. The van der Waals surface area contributed by atoms with Gasteiger partial charge in [0.05, 0.1) is 0 Å². The minimum atomic E-state index is 0.496. The van der Waals surface area contributed by atoms with Crippen molar-refractivity contribution in [3.8, 4) is 6.07 Å². The van der Waals surface area contributed by atoms with E-state index in [9.17, 15) is 0 Å². The maximum absolute atomic E-state index is 8.73. The fourth-order valence-electron chi connectivity index (χ4n) is 1.95. The predicted octanol–water partition coefficient (Wildman–Crippen LogP) is 2.23.